The molecule has 3 heteroatoms. The predicted octanol–water partition coefficient (Wildman–Crippen LogP) is 4.69. The normalized spacial score (nSPS) is 19.9. The summed E-state index contributed by atoms with van der Waals surface area (Å²) in [6.45, 7) is 6.68. The molecule has 0 heterocycles. The first kappa shape index (κ1) is 13.9. The monoisotopic (exact) mass is 296 g/mol. The summed E-state index contributed by atoms with van der Waals surface area (Å²) in [4.78, 5) is 0. The molecule has 0 aliphatic heterocycles. The van der Waals surface area contributed by atoms with E-state index in [0.29, 0.717) is 0 Å². The molecule has 1 rings (SSSR count). The molecule has 0 saturated carbocycles. The maximum absolute atomic E-state index is 4.93. The molecule has 0 nitrogen and oxygen atoms in total. The molecule has 0 fully saturated rings. The van der Waals surface area contributed by atoms with Crippen molar-refractivity contribution >= 4 is 17.0 Å². The molecule has 1 unspecified atom stereocenters. The Kier molecular flexibility index (Phi) is 8.87. The van der Waals surface area contributed by atoms with Crippen LogP contribution in [0.2, 0.25) is 0 Å². The van der Waals surface area contributed by atoms with Gasteiger partial charge in [-0.15, -0.1) is 0 Å². The van der Waals surface area contributed by atoms with Gasteiger partial charge >= 0.3 is 37.9 Å². The van der Waals surface area contributed by atoms with Crippen molar-refractivity contribution in [3.63, 3.8) is 0 Å². The van der Waals surface area contributed by atoms with Crippen LogP contribution in [0.25, 0.3) is 0 Å². The van der Waals surface area contributed by atoms with Crippen LogP contribution >= 0.6 is 17.0 Å². The van der Waals surface area contributed by atoms with Gasteiger partial charge in [0.1, 0.15) is 0 Å². The molecule has 1 atom stereocenters. The van der Waals surface area contributed by atoms with Crippen molar-refractivity contribution in [2.75, 3.05) is 0 Å². The number of halogens is 2. The van der Waals surface area contributed by atoms with Crippen LogP contribution in [0.3, 0.4) is 0 Å². The zero-order chi connectivity index (χ0) is 10.3. The second-order valence-electron chi connectivity index (χ2n) is 3.07. The molecular weight excluding hydrogens is 282 g/mol. The molecular formula is C10H16Cl2Zr. The third-order valence-corrected chi connectivity index (χ3v) is 2.20. The van der Waals surface area contributed by atoms with Crippen molar-refractivity contribution in [1.82, 2.24) is 0 Å². The molecule has 0 saturated heterocycles. The number of hydrogen-bond acceptors (Lipinski definition) is 0. The summed E-state index contributed by atoms with van der Waals surface area (Å²) in [5.74, 6) is 0.755. The Labute approximate surface area is 100 Å². The van der Waals surface area contributed by atoms with Gasteiger partial charge in [-0.25, -0.2) is 0 Å². The molecule has 0 radical (unpaired) electrons. The van der Waals surface area contributed by atoms with Crippen LogP contribution in [0.4, 0.5) is 0 Å². The van der Waals surface area contributed by atoms with E-state index in [9.17, 15) is 0 Å². The summed E-state index contributed by atoms with van der Waals surface area (Å²) in [7, 11) is 9.87. The van der Waals surface area contributed by atoms with E-state index >= 15 is 0 Å². The van der Waals surface area contributed by atoms with E-state index in [4.69, 9.17) is 17.0 Å². The molecule has 0 aromatic heterocycles. The molecule has 0 N–H and O–H groups in total. The van der Waals surface area contributed by atoms with Crippen LogP contribution < -0.4 is 0 Å². The molecule has 0 aromatic rings. The van der Waals surface area contributed by atoms with Gasteiger partial charge in [-0.1, -0.05) is 37.1 Å². The average molecular weight is 298 g/mol. The van der Waals surface area contributed by atoms with E-state index in [-0.39, 0.29) is 0 Å². The van der Waals surface area contributed by atoms with E-state index in [1.54, 1.807) is 5.57 Å². The van der Waals surface area contributed by atoms with Crippen LogP contribution in [0.5, 0.6) is 0 Å². The topological polar surface area (TPSA) is 0 Å². The molecule has 1 aliphatic rings. The summed E-state index contributed by atoms with van der Waals surface area (Å²) < 4.78 is 0. The average Bonchev–Trinajstić information content (AvgIpc) is 2.47. The molecule has 13 heavy (non-hydrogen) atoms. The Balaban J connectivity index is 0.000000424. The van der Waals surface area contributed by atoms with Crippen LogP contribution in [0.15, 0.2) is 23.3 Å². The quantitative estimate of drug-likeness (QED) is 0.694. The van der Waals surface area contributed by atoms with Gasteiger partial charge in [-0.3, -0.25) is 0 Å². The van der Waals surface area contributed by atoms with Crippen molar-refractivity contribution < 1.29 is 20.8 Å². The summed E-state index contributed by atoms with van der Waals surface area (Å²) in [6, 6.07) is 0. The second-order valence-corrected chi connectivity index (χ2v) is 6.80. The van der Waals surface area contributed by atoms with E-state index in [1.165, 1.54) is 18.4 Å². The Bertz CT molecular complexity index is 197. The summed E-state index contributed by atoms with van der Waals surface area (Å²) in [5.41, 5.74) is 3.06. The predicted molar refractivity (Wildman–Crippen MR) is 57.6 cm³/mol. The summed E-state index contributed by atoms with van der Waals surface area (Å²) >= 11 is -0.826. The molecule has 1 aliphatic carbocycles. The van der Waals surface area contributed by atoms with Gasteiger partial charge in [0, 0.05) is 0 Å². The number of rotatable bonds is 2. The zero-order valence-electron chi connectivity index (χ0n) is 8.40. The SMILES string of the molecule is CCC1=CC(C)=CC1CC.[Cl][Zr][Cl]. The van der Waals surface area contributed by atoms with Crippen molar-refractivity contribution in [2.24, 2.45) is 5.92 Å². The molecule has 0 bridgehead atoms. The van der Waals surface area contributed by atoms with Gasteiger partial charge in [0.2, 0.25) is 0 Å². The molecule has 74 valence electrons. The Morgan fingerprint density at radius 2 is 1.92 bits per heavy atom. The molecule has 0 amide bonds. The number of allylic oxidation sites excluding steroid dienone is 4. The zero-order valence-corrected chi connectivity index (χ0v) is 12.4. The van der Waals surface area contributed by atoms with Gasteiger partial charge < -0.3 is 0 Å². The minimum atomic E-state index is -0.826. The van der Waals surface area contributed by atoms with E-state index in [0.717, 1.165) is 5.92 Å². The molecule has 0 spiro atoms. The van der Waals surface area contributed by atoms with Crippen molar-refractivity contribution in [3.8, 4) is 0 Å². The Morgan fingerprint density at radius 1 is 1.38 bits per heavy atom. The van der Waals surface area contributed by atoms with Crippen LogP contribution in [0, 0.1) is 5.92 Å². The standard InChI is InChI=1S/C10H16.2ClH.Zr/c1-4-9-6-8(3)7-10(9)5-2;;;/h6-7,9H,4-5H2,1-3H3;2*1H;/q;;;+2/p-2. The number of hydrogen-bond donors (Lipinski definition) is 0. The molecule has 0 aromatic carbocycles. The summed E-state index contributed by atoms with van der Waals surface area (Å²) in [6.07, 6.45) is 7.18. The maximum atomic E-state index is 4.93. The van der Waals surface area contributed by atoms with Crippen LogP contribution in [-0.4, -0.2) is 0 Å². The minimum absolute atomic E-state index is 0.755. The first-order valence-corrected chi connectivity index (χ1v) is 10.9. The van der Waals surface area contributed by atoms with E-state index in [1.807, 2.05) is 0 Å². The fourth-order valence-corrected chi connectivity index (χ4v) is 1.62. The van der Waals surface area contributed by atoms with Gasteiger partial charge in [-0.05, 0) is 25.7 Å². The fraction of sp³-hybridized carbons (Fsp3) is 0.600. The Morgan fingerprint density at radius 3 is 2.23 bits per heavy atom. The van der Waals surface area contributed by atoms with Gasteiger partial charge in [0.15, 0.2) is 0 Å². The van der Waals surface area contributed by atoms with Crippen LogP contribution in [0.1, 0.15) is 33.6 Å². The first-order valence-electron chi connectivity index (χ1n) is 4.54. The van der Waals surface area contributed by atoms with Gasteiger partial charge in [0.25, 0.3) is 0 Å². The third-order valence-electron chi connectivity index (χ3n) is 2.20. The van der Waals surface area contributed by atoms with Crippen LogP contribution in [-0.2, 0) is 20.8 Å². The first-order chi connectivity index (χ1) is 6.19. The fourth-order valence-electron chi connectivity index (χ4n) is 1.62. The second kappa shape index (κ2) is 8.27. The van der Waals surface area contributed by atoms with Gasteiger partial charge in [0.05, 0.1) is 0 Å². The Hall–Kier alpha value is 0.943. The summed E-state index contributed by atoms with van der Waals surface area (Å²) in [5, 5.41) is 0. The third kappa shape index (κ3) is 5.40. The van der Waals surface area contributed by atoms with Crippen molar-refractivity contribution in [1.29, 1.82) is 0 Å². The van der Waals surface area contributed by atoms with E-state index < -0.39 is 20.8 Å². The van der Waals surface area contributed by atoms with E-state index in [2.05, 4.69) is 32.9 Å². The van der Waals surface area contributed by atoms with Crippen molar-refractivity contribution in [3.05, 3.63) is 23.3 Å². The van der Waals surface area contributed by atoms with Gasteiger partial charge in [-0.2, -0.15) is 0 Å². The van der Waals surface area contributed by atoms with Crippen molar-refractivity contribution in [2.45, 2.75) is 33.6 Å².